The van der Waals surface area contributed by atoms with Gasteiger partial charge in [-0.1, -0.05) is 12.1 Å². The molecule has 4 heterocycles. The third-order valence-electron chi connectivity index (χ3n) is 5.69. The Morgan fingerprint density at radius 2 is 2.03 bits per heavy atom. The van der Waals surface area contributed by atoms with Gasteiger partial charge in [0.2, 0.25) is 0 Å². The number of amides is 1. The Hall–Kier alpha value is -3.88. The monoisotopic (exact) mass is 417 g/mol. The lowest BCUT2D eigenvalue weighted by Crippen LogP contribution is -2.33. The highest BCUT2D eigenvalue weighted by molar-refractivity contribution is 6.04. The van der Waals surface area contributed by atoms with Gasteiger partial charge in [0.05, 0.1) is 11.3 Å². The summed E-state index contributed by atoms with van der Waals surface area (Å²) in [6.45, 7) is 5.37. The van der Waals surface area contributed by atoms with Gasteiger partial charge in [0, 0.05) is 42.5 Å². The summed E-state index contributed by atoms with van der Waals surface area (Å²) >= 11 is 0. The Kier molecular flexibility index (Phi) is 4.58. The van der Waals surface area contributed by atoms with Gasteiger partial charge in [-0.15, -0.1) is 15.3 Å². The molecule has 0 fully saturated rings. The number of fused-ring (bicyclic) bond motifs is 2. The summed E-state index contributed by atoms with van der Waals surface area (Å²) in [4.78, 5) is 19.3. The molecule has 0 atom stereocenters. The summed E-state index contributed by atoms with van der Waals surface area (Å²) in [7, 11) is 0. The predicted molar refractivity (Wildman–Crippen MR) is 114 cm³/mol. The van der Waals surface area contributed by atoms with E-state index in [1.807, 2.05) is 19.9 Å². The van der Waals surface area contributed by atoms with Crippen LogP contribution in [0.25, 0.3) is 5.65 Å². The number of pyridine rings is 1. The molecule has 3 aromatic heterocycles. The fraction of sp³-hybridized carbons (Fsp3) is 0.227. The number of aromatic nitrogens is 5. The molecule has 1 aromatic carbocycles. The van der Waals surface area contributed by atoms with Crippen molar-refractivity contribution in [1.82, 2.24) is 24.8 Å². The molecular formula is C22H20FN7O. The molecule has 0 saturated heterocycles. The van der Waals surface area contributed by atoms with Crippen molar-refractivity contribution < 1.29 is 9.18 Å². The van der Waals surface area contributed by atoms with E-state index in [0.717, 1.165) is 46.8 Å². The highest BCUT2D eigenvalue weighted by Crippen LogP contribution is 2.28. The fourth-order valence-corrected chi connectivity index (χ4v) is 3.85. The number of nitrogens with one attached hydrogen (secondary N) is 1. The fourth-order valence-electron chi connectivity index (χ4n) is 3.85. The number of carbonyl (C=O) groups excluding carboxylic acids is 1. The van der Waals surface area contributed by atoms with Gasteiger partial charge in [0.15, 0.2) is 11.5 Å². The Labute approximate surface area is 177 Å². The molecule has 4 aromatic rings. The number of hydrogen-bond acceptors (Lipinski definition) is 6. The van der Waals surface area contributed by atoms with E-state index in [0.29, 0.717) is 12.1 Å². The first kappa shape index (κ1) is 19.1. The number of rotatable bonds is 3. The molecule has 8 nitrogen and oxygen atoms in total. The van der Waals surface area contributed by atoms with Crippen LogP contribution in [0, 0.1) is 19.7 Å². The molecule has 9 heteroatoms. The van der Waals surface area contributed by atoms with Crippen LogP contribution in [0.1, 0.15) is 32.7 Å². The van der Waals surface area contributed by atoms with Gasteiger partial charge < -0.3 is 10.2 Å². The van der Waals surface area contributed by atoms with Gasteiger partial charge in [0.1, 0.15) is 12.1 Å². The molecule has 0 aliphatic carbocycles. The maximum Gasteiger partial charge on any atom is 0.257 e. The van der Waals surface area contributed by atoms with Crippen molar-refractivity contribution in [2.45, 2.75) is 26.8 Å². The topological polar surface area (TPSA) is 88.3 Å². The highest BCUT2D eigenvalue weighted by Gasteiger charge is 2.23. The molecule has 0 spiro atoms. The summed E-state index contributed by atoms with van der Waals surface area (Å²) in [5.74, 6) is -0.0144. The van der Waals surface area contributed by atoms with Crippen LogP contribution in [0.15, 0.2) is 42.9 Å². The lowest BCUT2D eigenvalue weighted by Gasteiger charge is -2.30. The molecule has 0 saturated carbocycles. The van der Waals surface area contributed by atoms with E-state index < -0.39 is 11.7 Å². The Morgan fingerprint density at radius 1 is 1.19 bits per heavy atom. The number of aryl methyl sites for hydroxylation is 1. The van der Waals surface area contributed by atoms with Gasteiger partial charge in [-0.05, 0) is 37.6 Å². The standard InChI is InChI=1S/C22H20FN7O/c1-13-14(2)21(28-30-12-25-27-20(13)30)29-8-7-18-16(11-29)9-15(10-24-18)22(31)26-19-6-4-3-5-17(19)23/h3-6,9-10,12H,7-8,11H2,1-2H3,(H,26,31). The van der Waals surface area contributed by atoms with E-state index in [-0.39, 0.29) is 5.69 Å². The average Bonchev–Trinajstić information content (AvgIpc) is 3.26. The van der Waals surface area contributed by atoms with Crippen molar-refractivity contribution >= 4 is 23.1 Å². The molecule has 156 valence electrons. The van der Waals surface area contributed by atoms with Gasteiger partial charge >= 0.3 is 0 Å². The Bertz CT molecular complexity index is 1320. The molecule has 0 unspecified atom stereocenters. The summed E-state index contributed by atoms with van der Waals surface area (Å²) in [6, 6.07) is 7.91. The number of benzene rings is 1. The van der Waals surface area contributed by atoms with Gasteiger partial charge in [-0.3, -0.25) is 9.78 Å². The second kappa shape index (κ2) is 7.42. The van der Waals surface area contributed by atoms with Crippen molar-refractivity contribution in [2.75, 3.05) is 16.8 Å². The Morgan fingerprint density at radius 3 is 2.87 bits per heavy atom. The van der Waals surface area contributed by atoms with Crippen LogP contribution < -0.4 is 10.2 Å². The quantitative estimate of drug-likeness (QED) is 0.551. The second-order valence-corrected chi connectivity index (χ2v) is 7.61. The highest BCUT2D eigenvalue weighted by atomic mass is 19.1. The van der Waals surface area contributed by atoms with Crippen LogP contribution in [0.4, 0.5) is 15.9 Å². The molecular weight excluding hydrogens is 397 g/mol. The van der Waals surface area contributed by atoms with Crippen molar-refractivity contribution in [3.63, 3.8) is 0 Å². The normalized spacial score (nSPS) is 13.3. The third kappa shape index (κ3) is 3.37. The van der Waals surface area contributed by atoms with E-state index in [9.17, 15) is 9.18 Å². The Balaban J connectivity index is 1.43. The van der Waals surface area contributed by atoms with Gasteiger partial charge in [-0.25, -0.2) is 4.39 Å². The summed E-state index contributed by atoms with van der Waals surface area (Å²) in [5.41, 5.74) is 5.26. The van der Waals surface area contributed by atoms with Crippen molar-refractivity contribution in [2.24, 2.45) is 0 Å². The van der Waals surface area contributed by atoms with Crippen molar-refractivity contribution in [1.29, 1.82) is 0 Å². The molecule has 0 radical (unpaired) electrons. The second-order valence-electron chi connectivity index (χ2n) is 7.61. The van der Waals surface area contributed by atoms with E-state index in [2.05, 4.69) is 25.4 Å². The summed E-state index contributed by atoms with van der Waals surface area (Å²) in [6.07, 6.45) is 3.88. The minimum Gasteiger partial charge on any atom is -0.350 e. The smallest absolute Gasteiger partial charge is 0.257 e. The number of para-hydroxylation sites is 1. The zero-order valence-electron chi connectivity index (χ0n) is 17.1. The average molecular weight is 417 g/mol. The largest absolute Gasteiger partial charge is 0.350 e. The molecule has 1 aliphatic heterocycles. The van der Waals surface area contributed by atoms with E-state index >= 15 is 0 Å². The molecule has 1 amide bonds. The zero-order valence-corrected chi connectivity index (χ0v) is 17.1. The molecule has 1 aliphatic rings. The van der Waals surface area contributed by atoms with Crippen LogP contribution in [-0.2, 0) is 13.0 Å². The zero-order chi connectivity index (χ0) is 21.5. The number of nitrogens with zero attached hydrogens (tertiary/aromatic N) is 6. The number of carbonyl (C=O) groups is 1. The van der Waals surface area contributed by atoms with Crippen LogP contribution in [-0.4, -0.2) is 37.2 Å². The van der Waals surface area contributed by atoms with Crippen LogP contribution in [0.5, 0.6) is 0 Å². The number of anilines is 2. The first-order valence-electron chi connectivity index (χ1n) is 9.97. The van der Waals surface area contributed by atoms with Crippen molar-refractivity contribution in [3.05, 3.63) is 76.6 Å². The lowest BCUT2D eigenvalue weighted by molar-refractivity contribution is 0.102. The first-order valence-corrected chi connectivity index (χ1v) is 9.97. The maximum absolute atomic E-state index is 13.9. The number of halogens is 1. The van der Waals surface area contributed by atoms with E-state index in [1.165, 1.54) is 12.1 Å². The predicted octanol–water partition coefficient (Wildman–Crippen LogP) is 3.09. The van der Waals surface area contributed by atoms with E-state index in [1.54, 1.807) is 29.2 Å². The van der Waals surface area contributed by atoms with E-state index in [4.69, 9.17) is 5.10 Å². The molecule has 0 bridgehead atoms. The lowest BCUT2D eigenvalue weighted by atomic mass is 10.0. The van der Waals surface area contributed by atoms with Crippen LogP contribution >= 0.6 is 0 Å². The minimum atomic E-state index is -0.478. The number of hydrogen-bond donors (Lipinski definition) is 1. The summed E-state index contributed by atoms with van der Waals surface area (Å²) in [5, 5.41) is 15.4. The summed E-state index contributed by atoms with van der Waals surface area (Å²) < 4.78 is 15.6. The third-order valence-corrected chi connectivity index (χ3v) is 5.69. The van der Waals surface area contributed by atoms with Crippen LogP contribution in [0.3, 0.4) is 0 Å². The SMILES string of the molecule is Cc1c(N2CCc3ncc(C(=O)Nc4ccccc4F)cc3C2)nn2cnnc2c1C. The van der Waals surface area contributed by atoms with Crippen molar-refractivity contribution in [3.8, 4) is 0 Å². The van der Waals surface area contributed by atoms with Crippen LogP contribution in [0.2, 0.25) is 0 Å². The first-order chi connectivity index (χ1) is 15.0. The maximum atomic E-state index is 13.9. The van der Waals surface area contributed by atoms with Gasteiger partial charge in [0.25, 0.3) is 5.91 Å². The molecule has 1 N–H and O–H groups in total. The van der Waals surface area contributed by atoms with Gasteiger partial charge in [-0.2, -0.15) is 4.52 Å². The molecule has 5 rings (SSSR count). The minimum absolute atomic E-state index is 0.143. The molecule has 31 heavy (non-hydrogen) atoms.